The highest BCUT2D eigenvalue weighted by molar-refractivity contribution is 5.82. The Balaban J connectivity index is 1.26. The molecule has 0 bridgehead atoms. The maximum absolute atomic E-state index is 12.8. The predicted molar refractivity (Wildman–Crippen MR) is 133 cm³/mol. The second kappa shape index (κ2) is 10.1. The van der Waals surface area contributed by atoms with Crippen LogP contribution in [-0.2, 0) is 11.2 Å². The summed E-state index contributed by atoms with van der Waals surface area (Å²) in [6.07, 6.45) is 9.35. The van der Waals surface area contributed by atoms with Crippen LogP contribution in [0.1, 0.15) is 42.3 Å². The number of piperidine rings is 1. The fourth-order valence-corrected chi connectivity index (χ4v) is 4.74. The van der Waals surface area contributed by atoms with E-state index in [0.29, 0.717) is 6.54 Å². The van der Waals surface area contributed by atoms with Gasteiger partial charge >= 0.3 is 0 Å². The molecule has 5 rings (SSSR count). The predicted octanol–water partition coefficient (Wildman–Crippen LogP) is 4.01. The van der Waals surface area contributed by atoms with Crippen molar-refractivity contribution in [2.45, 2.75) is 38.6 Å². The molecule has 1 fully saturated rings. The molecule has 0 saturated carbocycles. The van der Waals surface area contributed by atoms with Gasteiger partial charge in [0.25, 0.3) is 0 Å². The Bertz CT molecular complexity index is 1260. The van der Waals surface area contributed by atoms with Gasteiger partial charge in [-0.05, 0) is 56.6 Å². The molecule has 1 atom stereocenters. The maximum Gasteiger partial charge on any atom is 0.226 e. The van der Waals surface area contributed by atoms with Crippen LogP contribution in [0.4, 0.5) is 0 Å². The Labute approximate surface area is 199 Å². The van der Waals surface area contributed by atoms with Crippen molar-refractivity contribution >= 4 is 16.8 Å². The summed E-state index contributed by atoms with van der Waals surface area (Å²) in [6, 6.07) is 16.5. The molecule has 3 aromatic heterocycles. The van der Waals surface area contributed by atoms with Crippen LogP contribution in [-0.4, -0.2) is 50.2 Å². The van der Waals surface area contributed by atoms with E-state index in [0.717, 1.165) is 41.1 Å². The number of hydrogen-bond donors (Lipinski definition) is 1. The van der Waals surface area contributed by atoms with Gasteiger partial charge in [0.05, 0.1) is 41.8 Å². The van der Waals surface area contributed by atoms with Gasteiger partial charge in [0, 0.05) is 23.8 Å². The van der Waals surface area contributed by atoms with E-state index in [-0.39, 0.29) is 18.4 Å². The molecule has 1 aliphatic rings. The number of aryl methyl sites for hydroxylation is 1. The Morgan fingerprint density at radius 2 is 1.85 bits per heavy atom. The molecule has 174 valence electrons. The SMILES string of the molecule is Cc1cc(-n2ncc3cc(CC(=O)NCC(c4ccccc4)N4CCCCC4)ncc32)ccn1. The quantitative estimate of drug-likeness (QED) is 0.457. The fraction of sp³-hybridized carbons (Fsp3) is 0.333. The van der Waals surface area contributed by atoms with Crippen LogP contribution in [0.25, 0.3) is 16.6 Å². The number of benzene rings is 1. The summed E-state index contributed by atoms with van der Waals surface area (Å²) in [7, 11) is 0. The third-order valence-electron chi connectivity index (χ3n) is 6.49. The van der Waals surface area contributed by atoms with Crippen molar-refractivity contribution < 1.29 is 4.79 Å². The lowest BCUT2D eigenvalue weighted by atomic mass is 10.0. The minimum atomic E-state index is -0.0121. The number of hydrogen-bond acceptors (Lipinski definition) is 5. The van der Waals surface area contributed by atoms with Crippen molar-refractivity contribution in [3.05, 3.63) is 84.1 Å². The zero-order valence-corrected chi connectivity index (χ0v) is 19.5. The third kappa shape index (κ3) is 4.99. The average Bonchev–Trinajstić information content (AvgIpc) is 3.29. The Morgan fingerprint density at radius 3 is 2.65 bits per heavy atom. The second-order valence-corrected chi connectivity index (χ2v) is 8.95. The third-order valence-corrected chi connectivity index (χ3v) is 6.49. The van der Waals surface area contributed by atoms with E-state index in [9.17, 15) is 4.79 Å². The first-order chi connectivity index (χ1) is 16.7. The molecule has 0 spiro atoms. The number of nitrogens with zero attached hydrogens (tertiary/aromatic N) is 5. The van der Waals surface area contributed by atoms with Crippen LogP contribution < -0.4 is 5.32 Å². The number of likely N-dealkylation sites (tertiary alicyclic amines) is 1. The van der Waals surface area contributed by atoms with E-state index in [1.165, 1.54) is 24.8 Å². The number of aromatic nitrogens is 4. The lowest BCUT2D eigenvalue weighted by Gasteiger charge is -2.35. The Morgan fingerprint density at radius 1 is 1.03 bits per heavy atom. The van der Waals surface area contributed by atoms with Gasteiger partial charge in [0.1, 0.15) is 0 Å². The number of carbonyl (C=O) groups is 1. The summed E-state index contributed by atoms with van der Waals surface area (Å²) < 4.78 is 1.85. The zero-order chi connectivity index (χ0) is 23.3. The van der Waals surface area contributed by atoms with Crippen molar-refractivity contribution in [1.82, 2.24) is 30.0 Å². The maximum atomic E-state index is 12.8. The number of amides is 1. The molecule has 1 unspecified atom stereocenters. The monoisotopic (exact) mass is 454 g/mol. The summed E-state index contributed by atoms with van der Waals surface area (Å²) in [5, 5.41) is 8.64. The van der Waals surface area contributed by atoms with Gasteiger partial charge in [-0.3, -0.25) is 19.7 Å². The smallest absolute Gasteiger partial charge is 0.226 e. The van der Waals surface area contributed by atoms with Crippen molar-refractivity contribution in [2.75, 3.05) is 19.6 Å². The van der Waals surface area contributed by atoms with Crippen molar-refractivity contribution in [3.8, 4) is 5.69 Å². The molecular weight excluding hydrogens is 424 g/mol. The molecule has 1 amide bonds. The Kier molecular flexibility index (Phi) is 6.62. The molecule has 34 heavy (non-hydrogen) atoms. The van der Waals surface area contributed by atoms with Crippen LogP contribution in [0.5, 0.6) is 0 Å². The van der Waals surface area contributed by atoms with E-state index in [2.05, 4.69) is 49.5 Å². The van der Waals surface area contributed by atoms with E-state index >= 15 is 0 Å². The van der Waals surface area contributed by atoms with Crippen LogP contribution in [0.15, 0.2) is 67.1 Å². The summed E-state index contributed by atoms with van der Waals surface area (Å²) >= 11 is 0. The van der Waals surface area contributed by atoms with Crippen molar-refractivity contribution in [3.63, 3.8) is 0 Å². The zero-order valence-electron chi connectivity index (χ0n) is 19.5. The molecule has 0 radical (unpaired) electrons. The van der Waals surface area contributed by atoms with Crippen molar-refractivity contribution in [1.29, 1.82) is 0 Å². The fourth-order valence-electron chi connectivity index (χ4n) is 4.74. The summed E-state index contributed by atoms with van der Waals surface area (Å²) in [4.78, 5) is 24.1. The molecule has 1 aromatic carbocycles. The normalized spacial score (nSPS) is 15.3. The summed E-state index contributed by atoms with van der Waals surface area (Å²) in [5.41, 5.74) is 4.77. The molecule has 1 saturated heterocycles. The first kappa shape index (κ1) is 22.2. The number of nitrogens with one attached hydrogen (secondary N) is 1. The topological polar surface area (TPSA) is 75.9 Å². The van der Waals surface area contributed by atoms with E-state index in [1.54, 1.807) is 12.4 Å². The number of pyridine rings is 2. The first-order valence-electron chi connectivity index (χ1n) is 12.0. The van der Waals surface area contributed by atoms with Gasteiger partial charge in [-0.25, -0.2) is 4.68 Å². The van der Waals surface area contributed by atoms with Gasteiger partial charge < -0.3 is 5.32 Å². The highest BCUT2D eigenvalue weighted by atomic mass is 16.1. The lowest BCUT2D eigenvalue weighted by molar-refractivity contribution is -0.120. The van der Waals surface area contributed by atoms with Gasteiger partial charge in [-0.2, -0.15) is 5.10 Å². The number of fused-ring (bicyclic) bond motifs is 1. The molecular formula is C27H30N6O. The van der Waals surface area contributed by atoms with Gasteiger partial charge in [0.15, 0.2) is 0 Å². The first-order valence-corrected chi connectivity index (χ1v) is 12.0. The number of carbonyl (C=O) groups excluding carboxylic acids is 1. The molecule has 1 aliphatic heterocycles. The van der Waals surface area contributed by atoms with E-state index in [4.69, 9.17) is 0 Å². The van der Waals surface area contributed by atoms with Gasteiger partial charge in [-0.1, -0.05) is 36.8 Å². The minimum Gasteiger partial charge on any atom is -0.354 e. The second-order valence-electron chi connectivity index (χ2n) is 8.95. The molecule has 7 heteroatoms. The highest BCUT2D eigenvalue weighted by Gasteiger charge is 2.23. The standard InChI is InChI=1S/C27H30N6O/c1-20-14-24(10-11-28-20)33-26-19-29-23(15-22(26)17-31-33)16-27(34)30-18-25(21-8-4-2-5-9-21)32-12-6-3-7-13-32/h2,4-5,8-11,14-15,17,19,25H,3,6-7,12-13,16,18H2,1H3,(H,30,34). The summed E-state index contributed by atoms with van der Waals surface area (Å²) in [6.45, 7) is 4.71. The van der Waals surface area contributed by atoms with Crippen LogP contribution in [0.3, 0.4) is 0 Å². The summed E-state index contributed by atoms with van der Waals surface area (Å²) in [5.74, 6) is -0.0121. The Hall–Kier alpha value is -3.58. The lowest BCUT2D eigenvalue weighted by Crippen LogP contribution is -2.41. The molecule has 4 heterocycles. The van der Waals surface area contributed by atoms with Gasteiger partial charge in [-0.15, -0.1) is 0 Å². The molecule has 0 aliphatic carbocycles. The molecule has 1 N–H and O–H groups in total. The highest BCUT2D eigenvalue weighted by Crippen LogP contribution is 2.24. The minimum absolute atomic E-state index is 0.0121. The molecule has 4 aromatic rings. The molecule has 7 nitrogen and oxygen atoms in total. The largest absolute Gasteiger partial charge is 0.354 e. The van der Waals surface area contributed by atoms with Crippen LogP contribution >= 0.6 is 0 Å². The average molecular weight is 455 g/mol. The number of rotatable bonds is 7. The van der Waals surface area contributed by atoms with Crippen molar-refractivity contribution in [2.24, 2.45) is 0 Å². The van der Waals surface area contributed by atoms with Gasteiger partial charge in [0.2, 0.25) is 5.91 Å². The van der Waals surface area contributed by atoms with E-state index < -0.39 is 0 Å². The van der Waals surface area contributed by atoms with Crippen LogP contribution in [0, 0.1) is 6.92 Å². The van der Waals surface area contributed by atoms with E-state index in [1.807, 2.05) is 42.1 Å². The van der Waals surface area contributed by atoms with Crippen LogP contribution in [0.2, 0.25) is 0 Å².